The van der Waals surface area contributed by atoms with Crippen LogP contribution in [0.5, 0.6) is 0 Å². The van der Waals surface area contributed by atoms with Crippen LogP contribution in [0.25, 0.3) is 0 Å². The van der Waals surface area contributed by atoms with Crippen molar-refractivity contribution in [3.8, 4) is 0 Å². The third-order valence-electron chi connectivity index (χ3n) is 7.24. The number of Topliss-reactive ketones (excluding diaryl/α,β-unsaturated/α-hetero) is 1. The first kappa shape index (κ1) is 34.3. The molecule has 0 aromatic carbocycles. The number of rotatable bonds is 25. The van der Waals surface area contributed by atoms with E-state index in [1.165, 1.54) is 103 Å². The molecule has 0 fully saturated rings. The van der Waals surface area contributed by atoms with E-state index in [9.17, 15) is 4.79 Å². The Morgan fingerprint density at radius 1 is 0.714 bits per heavy atom. The third kappa shape index (κ3) is 19.2. The zero-order valence-electron chi connectivity index (χ0n) is 24.9. The quantitative estimate of drug-likeness (QED) is 0.0935. The minimum absolute atomic E-state index is 0.0272. The second kappa shape index (κ2) is 20.4. The third-order valence-corrected chi connectivity index (χ3v) is 7.24. The van der Waals surface area contributed by atoms with E-state index in [4.69, 9.17) is 9.47 Å². The van der Waals surface area contributed by atoms with Crippen molar-refractivity contribution in [2.75, 3.05) is 13.2 Å². The molecular formula is C32H62O3. The molecule has 0 aliphatic heterocycles. The van der Waals surface area contributed by atoms with Gasteiger partial charge in [0, 0.05) is 0 Å². The maximum Gasteiger partial charge on any atom is 0.189 e. The van der Waals surface area contributed by atoms with E-state index in [0.29, 0.717) is 18.1 Å². The molecule has 0 spiro atoms. The fourth-order valence-corrected chi connectivity index (χ4v) is 4.64. The van der Waals surface area contributed by atoms with Crippen molar-refractivity contribution in [3.05, 3.63) is 12.2 Å². The Morgan fingerprint density at radius 2 is 1.14 bits per heavy atom. The van der Waals surface area contributed by atoms with E-state index in [1.807, 2.05) is 13.8 Å². The second-order valence-corrected chi connectivity index (χ2v) is 12.0. The van der Waals surface area contributed by atoms with E-state index in [-0.39, 0.29) is 11.4 Å². The molecule has 3 nitrogen and oxygen atoms in total. The van der Waals surface area contributed by atoms with Gasteiger partial charge in [-0.1, -0.05) is 110 Å². The monoisotopic (exact) mass is 494 g/mol. The molecular weight excluding hydrogens is 432 g/mol. The van der Waals surface area contributed by atoms with E-state index >= 15 is 0 Å². The van der Waals surface area contributed by atoms with Gasteiger partial charge in [-0.15, -0.1) is 0 Å². The Balaban J connectivity index is 4.46. The summed E-state index contributed by atoms with van der Waals surface area (Å²) in [4.78, 5) is 12.3. The predicted molar refractivity (Wildman–Crippen MR) is 153 cm³/mol. The lowest BCUT2D eigenvalue weighted by atomic mass is 9.94. The number of carbonyl (C=O) groups excluding carboxylic acids is 1. The molecule has 0 bridgehead atoms. The van der Waals surface area contributed by atoms with Gasteiger partial charge in [-0.25, -0.2) is 0 Å². The van der Waals surface area contributed by atoms with Gasteiger partial charge in [-0.2, -0.15) is 0 Å². The lowest BCUT2D eigenvalue weighted by molar-refractivity contribution is -0.139. The highest BCUT2D eigenvalue weighted by atomic mass is 16.5. The molecule has 0 saturated heterocycles. The molecule has 1 unspecified atom stereocenters. The summed E-state index contributed by atoms with van der Waals surface area (Å²) >= 11 is 0. The number of ketones is 1. The van der Waals surface area contributed by atoms with Gasteiger partial charge in [-0.3, -0.25) is 4.79 Å². The van der Waals surface area contributed by atoms with Crippen molar-refractivity contribution in [1.82, 2.24) is 0 Å². The molecule has 0 aliphatic rings. The molecule has 0 N–H and O–H groups in total. The van der Waals surface area contributed by atoms with Crippen LogP contribution in [0.1, 0.15) is 158 Å². The van der Waals surface area contributed by atoms with E-state index in [0.717, 1.165) is 13.0 Å². The number of unbranched alkanes of at least 4 members (excludes halogenated alkanes) is 12. The van der Waals surface area contributed by atoms with Crippen molar-refractivity contribution < 1.29 is 14.3 Å². The van der Waals surface area contributed by atoms with Crippen LogP contribution < -0.4 is 0 Å². The topological polar surface area (TPSA) is 35.5 Å². The van der Waals surface area contributed by atoms with Crippen molar-refractivity contribution >= 4 is 5.78 Å². The smallest absolute Gasteiger partial charge is 0.189 e. The van der Waals surface area contributed by atoms with Crippen LogP contribution in [0.4, 0.5) is 0 Å². The number of ether oxygens (including phenoxy) is 2. The second-order valence-electron chi connectivity index (χ2n) is 12.0. The average Bonchev–Trinajstić information content (AvgIpc) is 2.79. The Labute approximate surface area is 220 Å². The van der Waals surface area contributed by atoms with Crippen LogP contribution >= 0.6 is 0 Å². The SMILES string of the molecule is C=C(C)C(=O)C(C)(C)OCCC(C)(C)OCC(CCCCCCCC)CCCCCCCCCC. The Bertz CT molecular complexity index is 535. The molecule has 0 aromatic heterocycles. The molecule has 1 atom stereocenters. The molecule has 0 heterocycles. The molecule has 3 heteroatoms. The summed E-state index contributed by atoms with van der Waals surface area (Å²) in [6.45, 7) is 19.4. The van der Waals surface area contributed by atoms with Gasteiger partial charge in [0.2, 0.25) is 0 Å². The largest absolute Gasteiger partial charge is 0.375 e. The summed E-state index contributed by atoms with van der Waals surface area (Å²) in [6.07, 6.45) is 22.5. The van der Waals surface area contributed by atoms with Gasteiger partial charge in [-0.05, 0) is 65.4 Å². The van der Waals surface area contributed by atoms with Gasteiger partial charge >= 0.3 is 0 Å². The molecule has 208 valence electrons. The molecule has 0 aliphatic carbocycles. The van der Waals surface area contributed by atoms with Gasteiger partial charge in [0.15, 0.2) is 5.78 Å². The van der Waals surface area contributed by atoms with Crippen LogP contribution in [0.3, 0.4) is 0 Å². The van der Waals surface area contributed by atoms with Crippen molar-refractivity contribution in [2.24, 2.45) is 5.92 Å². The Hall–Kier alpha value is -0.670. The number of hydrogen-bond acceptors (Lipinski definition) is 3. The fourth-order valence-electron chi connectivity index (χ4n) is 4.64. The van der Waals surface area contributed by atoms with Gasteiger partial charge in [0.05, 0.1) is 18.8 Å². The summed E-state index contributed by atoms with van der Waals surface area (Å²) in [5.41, 5.74) is -0.524. The Kier molecular flexibility index (Phi) is 20.0. The summed E-state index contributed by atoms with van der Waals surface area (Å²) in [5.74, 6) is 0.628. The van der Waals surface area contributed by atoms with Crippen LogP contribution in [0.2, 0.25) is 0 Å². The normalized spacial score (nSPS) is 13.2. The van der Waals surface area contributed by atoms with Crippen molar-refractivity contribution in [1.29, 1.82) is 0 Å². The lowest BCUT2D eigenvalue weighted by Gasteiger charge is -2.30. The first-order valence-corrected chi connectivity index (χ1v) is 15.0. The fraction of sp³-hybridized carbons (Fsp3) is 0.906. The van der Waals surface area contributed by atoms with Gasteiger partial charge < -0.3 is 9.47 Å². The molecule has 0 rings (SSSR count). The number of hydrogen-bond donors (Lipinski definition) is 0. The average molecular weight is 495 g/mol. The zero-order valence-corrected chi connectivity index (χ0v) is 24.9. The van der Waals surface area contributed by atoms with Crippen LogP contribution in [-0.4, -0.2) is 30.2 Å². The first-order valence-electron chi connectivity index (χ1n) is 15.0. The summed E-state index contributed by atoms with van der Waals surface area (Å²) in [6, 6.07) is 0. The summed E-state index contributed by atoms with van der Waals surface area (Å²) in [7, 11) is 0. The van der Waals surface area contributed by atoms with Crippen LogP contribution in [0.15, 0.2) is 12.2 Å². The highest BCUT2D eigenvalue weighted by Crippen LogP contribution is 2.24. The summed E-state index contributed by atoms with van der Waals surface area (Å²) < 4.78 is 12.4. The lowest BCUT2D eigenvalue weighted by Crippen LogP contribution is -2.37. The van der Waals surface area contributed by atoms with Crippen LogP contribution in [0, 0.1) is 5.92 Å². The molecule has 0 aromatic rings. The van der Waals surface area contributed by atoms with Gasteiger partial charge in [0.25, 0.3) is 0 Å². The van der Waals surface area contributed by atoms with E-state index in [2.05, 4.69) is 34.3 Å². The van der Waals surface area contributed by atoms with Crippen molar-refractivity contribution in [3.63, 3.8) is 0 Å². The predicted octanol–water partition coefficient (Wildman–Crippen LogP) is 10.0. The van der Waals surface area contributed by atoms with Crippen LogP contribution in [-0.2, 0) is 14.3 Å². The maximum atomic E-state index is 12.3. The first-order chi connectivity index (χ1) is 16.6. The molecule has 0 radical (unpaired) electrons. The highest BCUT2D eigenvalue weighted by molar-refractivity contribution is 6.00. The highest BCUT2D eigenvalue weighted by Gasteiger charge is 2.30. The van der Waals surface area contributed by atoms with E-state index in [1.54, 1.807) is 6.92 Å². The minimum Gasteiger partial charge on any atom is -0.375 e. The van der Waals surface area contributed by atoms with E-state index < -0.39 is 5.60 Å². The minimum atomic E-state index is -0.821. The maximum absolute atomic E-state index is 12.3. The molecule has 0 amide bonds. The molecule has 35 heavy (non-hydrogen) atoms. The Morgan fingerprint density at radius 3 is 1.57 bits per heavy atom. The molecule has 0 saturated carbocycles. The number of carbonyl (C=O) groups is 1. The standard InChI is InChI=1S/C32H62O3/c1-9-11-13-15-17-18-20-22-24-29(23-21-19-16-14-12-10-2)27-35-31(5,6)25-26-34-32(7,8)30(33)28(3)4/h29H,3,9-27H2,1-2,4-8H3. The zero-order chi connectivity index (χ0) is 26.6. The van der Waals surface area contributed by atoms with Crippen molar-refractivity contribution in [2.45, 2.75) is 169 Å². The van der Waals surface area contributed by atoms with Gasteiger partial charge in [0.1, 0.15) is 5.60 Å². The summed E-state index contributed by atoms with van der Waals surface area (Å²) in [5, 5.41) is 0.